The lowest BCUT2D eigenvalue weighted by Crippen LogP contribution is -2.13. The largest absolute Gasteiger partial charge is 0.382 e. The first-order valence-corrected chi connectivity index (χ1v) is 5.32. The first-order chi connectivity index (χ1) is 6.61. The molecule has 0 bridgehead atoms. The molecule has 0 aliphatic rings. The third-order valence-corrected chi connectivity index (χ3v) is 2.31. The van der Waals surface area contributed by atoms with E-state index in [0.717, 1.165) is 10.2 Å². The van der Waals surface area contributed by atoms with Gasteiger partial charge in [-0.3, -0.25) is 0 Å². The predicted octanol–water partition coefficient (Wildman–Crippen LogP) is 3.47. The average Bonchev–Trinajstić information content (AvgIpc) is 2.01. The van der Waals surface area contributed by atoms with Gasteiger partial charge in [-0.1, -0.05) is 15.9 Å². The van der Waals surface area contributed by atoms with E-state index in [1.807, 2.05) is 19.9 Å². The molecule has 0 saturated carbocycles. The normalized spacial score (nSPS) is 11.9. The molecule has 0 aromatic heterocycles. The van der Waals surface area contributed by atoms with Crippen molar-refractivity contribution in [2.24, 2.45) is 0 Å². The fraction of sp³-hybridized carbons (Fsp3) is 0.364. The maximum atomic E-state index is 8.52. The van der Waals surface area contributed by atoms with Crippen molar-refractivity contribution in [1.29, 1.82) is 5.26 Å². The number of anilines is 1. The fourth-order valence-electron chi connectivity index (χ4n) is 1.29. The summed E-state index contributed by atoms with van der Waals surface area (Å²) in [5.41, 5.74) is 2.26. The second kappa shape index (κ2) is 5.02. The maximum absolute atomic E-state index is 8.52. The minimum atomic E-state index is 0.189. The van der Waals surface area contributed by atoms with Gasteiger partial charge in [0.2, 0.25) is 0 Å². The van der Waals surface area contributed by atoms with Crippen LogP contribution in [0.1, 0.15) is 18.9 Å². The van der Waals surface area contributed by atoms with E-state index in [-0.39, 0.29) is 6.04 Å². The van der Waals surface area contributed by atoms with Crippen molar-refractivity contribution in [1.82, 2.24) is 0 Å². The zero-order valence-corrected chi connectivity index (χ0v) is 9.93. The summed E-state index contributed by atoms with van der Waals surface area (Å²) in [4.78, 5) is 0. The van der Waals surface area contributed by atoms with Crippen molar-refractivity contribution in [3.05, 3.63) is 28.2 Å². The summed E-state index contributed by atoms with van der Waals surface area (Å²) in [5, 5.41) is 11.8. The van der Waals surface area contributed by atoms with Crippen LogP contribution in [0.4, 0.5) is 5.69 Å². The van der Waals surface area contributed by atoms with Crippen LogP contribution in [-0.4, -0.2) is 6.04 Å². The van der Waals surface area contributed by atoms with E-state index in [2.05, 4.69) is 39.4 Å². The molecule has 1 unspecified atom stereocenters. The van der Waals surface area contributed by atoms with E-state index in [1.165, 1.54) is 5.56 Å². The smallest absolute Gasteiger partial charge is 0.0643 e. The molecule has 0 heterocycles. The molecule has 1 aromatic carbocycles. The Labute approximate surface area is 93.1 Å². The van der Waals surface area contributed by atoms with Gasteiger partial charge in [-0.05, 0) is 37.6 Å². The highest BCUT2D eigenvalue weighted by Crippen LogP contribution is 2.19. The number of halogens is 1. The Morgan fingerprint density at radius 2 is 2.21 bits per heavy atom. The molecular weight excluding hydrogens is 240 g/mol. The summed E-state index contributed by atoms with van der Waals surface area (Å²) in [6.07, 6.45) is 0.519. The van der Waals surface area contributed by atoms with E-state index in [1.54, 1.807) is 0 Å². The molecule has 0 saturated heterocycles. The van der Waals surface area contributed by atoms with Gasteiger partial charge >= 0.3 is 0 Å². The Balaban J connectivity index is 2.72. The topological polar surface area (TPSA) is 35.8 Å². The quantitative estimate of drug-likeness (QED) is 0.895. The van der Waals surface area contributed by atoms with Gasteiger partial charge < -0.3 is 5.32 Å². The van der Waals surface area contributed by atoms with Crippen LogP contribution in [0.2, 0.25) is 0 Å². The number of benzene rings is 1. The van der Waals surface area contributed by atoms with Gasteiger partial charge in [0.1, 0.15) is 0 Å². The van der Waals surface area contributed by atoms with Gasteiger partial charge in [-0.2, -0.15) is 5.26 Å². The molecule has 14 heavy (non-hydrogen) atoms. The summed E-state index contributed by atoms with van der Waals surface area (Å²) >= 11 is 3.44. The minimum Gasteiger partial charge on any atom is -0.382 e. The van der Waals surface area contributed by atoms with Crippen LogP contribution in [0, 0.1) is 18.3 Å². The van der Waals surface area contributed by atoms with Crippen molar-refractivity contribution < 1.29 is 0 Å². The SMILES string of the molecule is Cc1cc(Br)cc(NC(C)CC#N)c1. The molecule has 3 heteroatoms. The van der Waals surface area contributed by atoms with Gasteiger partial charge in [0.25, 0.3) is 0 Å². The van der Waals surface area contributed by atoms with Crippen LogP contribution in [0.15, 0.2) is 22.7 Å². The number of aryl methyl sites for hydroxylation is 1. The van der Waals surface area contributed by atoms with E-state index >= 15 is 0 Å². The number of nitrogens with zero attached hydrogens (tertiary/aromatic N) is 1. The van der Waals surface area contributed by atoms with Crippen LogP contribution in [0.3, 0.4) is 0 Å². The number of nitrogens with one attached hydrogen (secondary N) is 1. The molecule has 0 radical (unpaired) electrons. The Bertz CT molecular complexity index is 335. The third kappa shape index (κ3) is 3.39. The summed E-state index contributed by atoms with van der Waals surface area (Å²) < 4.78 is 1.06. The number of hydrogen-bond acceptors (Lipinski definition) is 2. The van der Waals surface area contributed by atoms with Crippen molar-refractivity contribution in [3.8, 4) is 6.07 Å². The molecule has 0 fully saturated rings. The molecule has 2 nitrogen and oxygen atoms in total. The molecule has 74 valence electrons. The molecule has 1 atom stereocenters. The van der Waals surface area contributed by atoms with Crippen molar-refractivity contribution in [3.63, 3.8) is 0 Å². The summed E-state index contributed by atoms with van der Waals surface area (Å²) in [6, 6.07) is 8.47. The second-order valence-electron chi connectivity index (χ2n) is 3.42. The first kappa shape index (κ1) is 11.1. The van der Waals surface area contributed by atoms with Gasteiger partial charge in [-0.15, -0.1) is 0 Å². The molecule has 0 amide bonds. The Morgan fingerprint density at radius 1 is 1.50 bits per heavy atom. The van der Waals surface area contributed by atoms with Crippen LogP contribution >= 0.6 is 15.9 Å². The molecule has 0 aliphatic carbocycles. The van der Waals surface area contributed by atoms with Gasteiger partial charge in [-0.25, -0.2) is 0 Å². The Morgan fingerprint density at radius 3 is 2.79 bits per heavy atom. The van der Waals surface area contributed by atoms with Crippen LogP contribution in [-0.2, 0) is 0 Å². The van der Waals surface area contributed by atoms with E-state index in [0.29, 0.717) is 6.42 Å². The maximum Gasteiger partial charge on any atom is 0.0643 e. The minimum absolute atomic E-state index is 0.189. The number of rotatable bonds is 3. The van der Waals surface area contributed by atoms with Crippen molar-refractivity contribution in [2.75, 3.05) is 5.32 Å². The fourth-order valence-corrected chi connectivity index (χ4v) is 1.90. The zero-order chi connectivity index (χ0) is 10.6. The molecule has 1 rings (SSSR count). The summed E-state index contributed by atoms with van der Waals surface area (Å²) in [7, 11) is 0. The Kier molecular flexibility index (Phi) is 3.97. The lowest BCUT2D eigenvalue weighted by Gasteiger charge is -2.12. The number of hydrogen-bond donors (Lipinski definition) is 1. The molecule has 1 N–H and O–H groups in total. The van der Waals surface area contributed by atoms with Gasteiger partial charge in [0.05, 0.1) is 12.5 Å². The average molecular weight is 253 g/mol. The highest BCUT2D eigenvalue weighted by Gasteiger charge is 2.01. The lowest BCUT2D eigenvalue weighted by atomic mass is 10.2. The van der Waals surface area contributed by atoms with Gasteiger partial charge in [0.15, 0.2) is 0 Å². The van der Waals surface area contributed by atoms with Crippen LogP contribution in [0.5, 0.6) is 0 Å². The molecular formula is C11H13BrN2. The highest BCUT2D eigenvalue weighted by atomic mass is 79.9. The van der Waals surface area contributed by atoms with Crippen molar-refractivity contribution >= 4 is 21.6 Å². The molecule has 0 spiro atoms. The van der Waals surface area contributed by atoms with Gasteiger partial charge in [0, 0.05) is 16.2 Å². The van der Waals surface area contributed by atoms with E-state index < -0.39 is 0 Å². The Hall–Kier alpha value is -1.01. The number of nitriles is 1. The first-order valence-electron chi connectivity index (χ1n) is 4.52. The second-order valence-corrected chi connectivity index (χ2v) is 4.34. The highest BCUT2D eigenvalue weighted by molar-refractivity contribution is 9.10. The summed E-state index contributed by atoms with van der Waals surface area (Å²) in [5.74, 6) is 0. The lowest BCUT2D eigenvalue weighted by molar-refractivity contribution is 0.821. The molecule has 0 aliphatic heterocycles. The van der Waals surface area contributed by atoms with E-state index in [9.17, 15) is 0 Å². The van der Waals surface area contributed by atoms with Crippen molar-refractivity contribution in [2.45, 2.75) is 26.3 Å². The van der Waals surface area contributed by atoms with Crippen LogP contribution < -0.4 is 5.32 Å². The third-order valence-electron chi connectivity index (χ3n) is 1.85. The van der Waals surface area contributed by atoms with E-state index in [4.69, 9.17) is 5.26 Å². The standard InChI is InChI=1S/C11H13BrN2/c1-8-5-10(12)7-11(6-8)14-9(2)3-4-13/h5-7,9,14H,3H2,1-2H3. The molecule has 1 aromatic rings. The summed E-state index contributed by atoms with van der Waals surface area (Å²) in [6.45, 7) is 4.05. The van der Waals surface area contributed by atoms with Crippen LogP contribution in [0.25, 0.3) is 0 Å². The predicted molar refractivity (Wildman–Crippen MR) is 62.2 cm³/mol. The zero-order valence-electron chi connectivity index (χ0n) is 8.34. The monoisotopic (exact) mass is 252 g/mol.